The van der Waals surface area contributed by atoms with Crippen molar-refractivity contribution >= 4 is 0 Å². The van der Waals surface area contributed by atoms with Crippen molar-refractivity contribution in [3.8, 4) is 0 Å². The van der Waals surface area contributed by atoms with Gasteiger partial charge in [0.25, 0.3) is 0 Å². The number of hydrogen-bond acceptors (Lipinski definition) is 0. The molecule has 4 rings (SSSR count). The minimum Gasteiger partial charge on any atom is -0.0625 e. The summed E-state index contributed by atoms with van der Waals surface area (Å²) in [5, 5.41) is 0. The summed E-state index contributed by atoms with van der Waals surface area (Å²) >= 11 is 0. The molecule has 4 aliphatic rings. The summed E-state index contributed by atoms with van der Waals surface area (Å²) in [6, 6.07) is 0. The van der Waals surface area contributed by atoms with Gasteiger partial charge in [0.1, 0.15) is 0 Å². The van der Waals surface area contributed by atoms with Crippen LogP contribution in [0.4, 0.5) is 0 Å². The van der Waals surface area contributed by atoms with Crippen molar-refractivity contribution in [3.05, 3.63) is 82.5 Å². The molecular formula is C20H20. The van der Waals surface area contributed by atoms with E-state index in [4.69, 9.17) is 0 Å². The summed E-state index contributed by atoms with van der Waals surface area (Å²) in [6.07, 6.45) is 21.9. The molecule has 4 aliphatic carbocycles. The number of allylic oxidation sites excluding steroid dienone is 14. The van der Waals surface area contributed by atoms with Crippen LogP contribution in [0, 0.1) is 17.8 Å². The Morgan fingerprint density at radius 2 is 1.55 bits per heavy atom. The van der Waals surface area contributed by atoms with Crippen molar-refractivity contribution in [1.82, 2.24) is 0 Å². The van der Waals surface area contributed by atoms with Crippen LogP contribution in [0.5, 0.6) is 0 Å². The molecule has 0 nitrogen and oxygen atoms in total. The molecule has 0 aromatic rings. The Morgan fingerprint density at radius 1 is 0.850 bits per heavy atom. The van der Waals surface area contributed by atoms with Crippen LogP contribution in [0.15, 0.2) is 82.5 Å². The van der Waals surface area contributed by atoms with Crippen LogP contribution in [0.25, 0.3) is 0 Å². The molecule has 0 saturated heterocycles. The Kier molecular flexibility index (Phi) is 2.60. The minimum atomic E-state index is 0.548. The first kappa shape index (κ1) is 12.0. The van der Waals surface area contributed by atoms with E-state index in [1.54, 1.807) is 11.1 Å². The van der Waals surface area contributed by atoms with Crippen LogP contribution in [0.3, 0.4) is 0 Å². The summed E-state index contributed by atoms with van der Waals surface area (Å²) in [5.41, 5.74) is 7.54. The molecule has 0 saturated carbocycles. The van der Waals surface area contributed by atoms with Crippen molar-refractivity contribution in [3.63, 3.8) is 0 Å². The van der Waals surface area contributed by atoms with Crippen LogP contribution >= 0.6 is 0 Å². The average molecular weight is 260 g/mol. The lowest BCUT2D eigenvalue weighted by atomic mass is 9.62. The largest absolute Gasteiger partial charge is 0.0625 e. The predicted molar refractivity (Wildman–Crippen MR) is 85.1 cm³/mol. The second kappa shape index (κ2) is 4.34. The van der Waals surface area contributed by atoms with Gasteiger partial charge in [-0.15, -0.1) is 0 Å². The second-order valence-corrected chi connectivity index (χ2v) is 6.56. The van der Waals surface area contributed by atoms with E-state index in [0.29, 0.717) is 17.8 Å². The lowest BCUT2D eigenvalue weighted by Gasteiger charge is -2.41. The fourth-order valence-corrected chi connectivity index (χ4v) is 3.93. The molecule has 0 bridgehead atoms. The SMILES string of the molecule is CC(C)CC1=CC2=CC=CC3=CC=C4C=CC=C1C4C32. The summed E-state index contributed by atoms with van der Waals surface area (Å²) in [5.74, 6) is 1.80. The Morgan fingerprint density at radius 3 is 2.30 bits per heavy atom. The quantitative estimate of drug-likeness (QED) is 0.650. The molecule has 0 amide bonds. The van der Waals surface area contributed by atoms with E-state index in [1.165, 1.54) is 23.1 Å². The Bertz CT molecular complexity index is 669. The fraction of sp³-hybridized carbons (Fsp3) is 0.300. The molecule has 20 heavy (non-hydrogen) atoms. The molecule has 100 valence electrons. The number of rotatable bonds is 2. The van der Waals surface area contributed by atoms with Gasteiger partial charge in [0.05, 0.1) is 0 Å². The third kappa shape index (κ3) is 1.67. The Balaban J connectivity index is 1.90. The van der Waals surface area contributed by atoms with E-state index in [1.807, 2.05) is 0 Å². The normalized spacial score (nSPS) is 29.2. The molecule has 0 aromatic carbocycles. The van der Waals surface area contributed by atoms with E-state index in [9.17, 15) is 0 Å². The van der Waals surface area contributed by atoms with Crippen molar-refractivity contribution in [2.45, 2.75) is 20.3 Å². The zero-order chi connectivity index (χ0) is 13.7. The lowest BCUT2D eigenvalue weighted by molar-refractivity contribution is 0.535. The first-order valence-electron chi connectivity index (χ1n) is 7.63. The second-order valence-electron chi connectivity index (χ2n) is 6.56. The van der Waals surface area contributed by atoms with E-state index >= 15 is 0 Å². The molecule has 0 radical (unpaired) electrons. The maximum Gasteiger partial charge on any atom is 0.0201 e. The summed E-state index contributed by atoms with van der Waals surface area (Å²) in [4.78, 5) is 0. The van der Waals surface area contributed by atoms with Gasteiger partial charge in [-0.05, 0) is 40.2 Å². The maximum atomic E-state index is 2.45. The van der Waals surface area contributed by atoms with E-state index in [-0.39, 0.29) is 0 Å². The highest BCUT2D eigenvalue weighted by Gasteiger charge is 2.39. The Labute approximate surface area is 121 Å². The standard InChI is InChI=1S/C20H20/c1-13(2)11-17-12-16-7-3-5-14-9-10-15-6-4-8-18(17)20(15)19(14)16/h3-10,12-13,19-20H,11H2,1-2H3. The molecule has 2 atom stereocenters. The van der Waals surface area contributed by atoms with E-state index in [0.717, 1.165) is 0 Å². The van der Waals surface area contributed by atoms with Crippen LogP contribution in [0.2, 0.25) is 0 Å². The van der Waals surface area contributed by atoms with Gasteiger partial charge in [0, 0.05) is 11.8 Å². The molecular weight excluding hydrogens is 240 g/mol. The predicted octanol–water partition coefficient (Wildman–Crippen LogP) is 5.06. The van der Waals surface area contributed by atoms with Gasteiger partial charge in [-0.25, -0.2) is 0 Å². The maximum absolute atomic E-state index is 2.45. The third-order valence-electron chi connectivity index (χ3n) is 4.70. The van der Waals surface area contributed by atoms with Gasteiger partial charge >= 0.3 is 0 Å². The first-order valence-corrected chi connectivity index (χ1v) is 7.63. The zero-order valence-corrected chi connectivity index (χ0v) is 12.1. The van der Waals surface area contributed by atoms with Gasteiger partial charge in [0.2, 0.25) is 0 Å². The molecule has 0 heteroatoms. The zero-order valence-electron chi connectivity index (χ0n) is 12.1. The van der Waals surface area contributed by atoms with Gasteiger partial charge in [0.15, 0.2) is 0 Å². The molecule has 0 heterocycles. The highest BCUT2D eigenvalue weighted by atomic mass is 14.4. The topological polar surface area (TPSA) is 0 Å². The smallest absolute Gasteiger partial charge is 0.0201 e. The van der Waals surface area contributed by atoms with Gasteiger partial charge in [-0.3, -0.25) is 0 Å². The first-order chi connectivity index (χ1) is 9.74. The van der Waals surface area contributed by atoms with Crippen LogP contribution in [-0.4, -0.2) is 0 Å². The third-order valence-corrected chi connectivity index (χ3v) is 4.70. The number of hydrogen-bond donors (Lipinski definition) is 0. The highest BCUT2D eigenvalue weighted by molar-refractivity contribution is 5.62. The van der Waals surface area contributed by atoms with Crippen molar-refractivity contribution in [2.75, 3.05) is 0 Å². The van der Waals surface area contributed by atoms with Crippen molar-refractivity contribution < 1.29 is 0 Å². The van der Waals surface area contributed by atoms with Crippen LogP contribution in [0.1, 0.15) is 20.3 Å². The minimum absolute atomic E-state index is 0.548. The van der Waals surface area contributed by atoms with Crippen LogP contribution < -0.4 is 0 Å². The average Bonchev–Trinajstić information content (AvgIpc) is 2.45. The van der Waals surface area contributed by atoms with Gasteiger partial charge in [-0.1, -0.05) is 68.5 Å². The highest BCUT2D eigenvalue weighted by Crippen LogP contribution is 2.51. The summed E-state index contributed by atoms with van der Waals surface area (Å²) in [7, 11) is 0. The Hall–Kier alpha value is -1.82. The fourth-order valence-electron chi connectivity index (χ4n) is 3.93. The van der Waals surface area contributed by atoms with Crippen molar-refractivity contribution in [2.24, 2.45) is 17.8 Å². The lowest BCUT2D eigenvalue weighted by Crippen LogP contribution is -2.30. The van der Waals surface area contributed by atoms with E-state index < -0.39 is 0 Å². The summed E-state index contributed by atoms with van der Waals surface area (Å²) < 4.78 is 0. The monoisotopic (exact) mass is 260 g/mol. The van der Waals surface area contributed by atoms with Crippen LogP contribution in [-0.2, 0) is 0 Å². The summed E-state index contributed by atoms with van der Waals surface area (Å²) in [6.45, 7) is 4.62. The van der Waals surface area contributed by atoms with E-state index in [2.05, 4.69) is 68.5 Å². The van der Waals surface area contributed by atoms with Crippen molar-refractivity contribution in [1.29, 1.82) is 0 Å². The molecule has 0 spiro atoms. The van der Waals surface area contributed by atoms with Gasteiger partial charge < -0.3 is 0 Å². The molecule has 0 aliphatic heterocycles. The molecule has 0 aromatic heterocycles. The molecule has 0 N–H and O–H groups in total. The molecule has 0 fully saturated rings. The molecule has 2 unspecified atom stereocenters. The van der Waals surface area contributed by atoms with Gasteiger partial charge in [-0.2, -0.15) is 0 Å².